The molecular formula is C22H31N7O+2. The second-order valence-corrected chi connectivity index (χ2v) is 9.11. The van der Waals surface area contributed by atoms with Gasteiger partial charge in [-0.25, -0.2) is 4.68 Å². The molecule has 8 nitrogen and oxygen atoms in total. The standard InChI is InChI=1S/C22H29N7O/c1-15-7-8-19-16(13-15)14-18(22(30)23-19)20(28-11-9-27(2)10-12-28)21-24-25-26-29(21)17-5-3-4-6-17/h7-8,13-14,17,20H,3-6,9-12H2,1-2H3,(H,23,30)/p+2/t20-/m1/s1. The lowest BCUT2D eigenvalue weighted by Crippen LogP contribution is -3.27. The van der Waals surface area contributed by atoms with Gasteiger partial charge in [0.05, 0.1) is 18.7 Å². The van der Waals surface area contributed by atoms with Crippen LogP contribution in [0.15, 0.2) is 29.1 Å². The van der Waals surface area contributed by atoms with Crippen molar-refractivity contribution in [2.45, 2.75) is 44.7 Å². The number of likely N-dealkylation sites (N-methyl/N-ethyl adjacent to an activating group) is 1. The summed E-state index contributed by atoms with van der Waals surface area (Å²) in [5.41, 5.74) is 2.80. The van der Waals surface area contributed by atoms with Crippen LogP contribution in [0, 0.1) is 6.92 Å². The van der Waals surface area contributed by atoms with Gasteiger partial charge >= 0.3 is 0 Å². The van der Waals surface area contributed by atoms with Crippen LogP contribution in [0.25, 0.3) is 10.9 Å². The highest BCUT2D eigenvalue weighted by Gasteiger charge is 2.38. The fourth-order valence-corrected chi connectivity index (χ4v) is 5.19. The van der Waals surface area contributed by atoms with Gasteiger partial charge in [-0.3, -0.25) is 4.79 Å². The molecule has 30 heavy (non-hydrogen) atoms. The summed E-state index contributed by atoms with van der Waals surface area (Å²) in [6.45, 7) is 6.25. The zero-order valence-corrected chi connectivity index (χ0v) is 17.8. The number of fused-ring (bicyclic) bond motifs is 1. The third-order valence-corrected chi connectivity index (χ3v) is 6.94. The van der Waals surface area contributed by atoms with E-state index >= 15 is 0 Å². The molecule has 1 aromatic carbocycles. The zero-order chi connectivity index (χ0) is 20.7. The third kappa shape index (κ3) is 3.54. The van der Waals surface area contributed by atoms with Crippen molar-refractivity contribution < 1.29 is 9.80 Å². The molecule has 5 rings (SSSR count). The monoisotopic (exact) mass is 409 g/mol. The molecule has 0 unspecified atom stereocenters. The second kappa shape index (κ2) is 7.92. The Bertz CT molecular complexity index is 1090. The Labute approximate surface area is 175 Å². The van der Waals surface area contributed by atoms with Crippen molar-refractivity contribution >= 4 is 10.9 Å². The number of hydrogen-bond donors (Lipinski definition) is 3. The number of aromatic amines is 1. The van der Waals surface area contributed by atoms with Crippen LogP contribution in [0.3, 0.4) is 0 Å². The van der Waals surface area contributed by atoms with Crippen LogP contribution in [0.5, 0.6) is 0 Å². The first-order valence-corrected chi connectivity index (χ1v) is 11.2. The van der Waals surface area contributed by atoms with Crippen molar-refractivity contribution in [3.05, 3.63) is 51.6 Å². The first-order valence-electron chi connectivity index (χ1n) is 11.2. The Morgan fingerprint density at radius 1 is 1.13 bits per heavy atom. The van der Waals surface area contributed by atoms with Crippen LogP contribution in [0.1, 0.15) is 54.7 Å². The van der Waals surface area contributed by atoms with Crippen molar-refractivity contribution in [3.8, 4) is 0 Å². The van der Waals surface area contributed by atoms with Crippen molar-refractivity contribution in [1.82, 2.24) is 25.2 Å². The number of quaternary nitrogens is 2. The lowest BCUT2D eigenvalue weighted by atomic mass is 10.0. The molecule has 1 aliphatic heterocycles. The van der Waals surface area contributed by atoms with Gasteiger partial charge in [-0.15, -0.1) is 5.10 Å². The van der Waals surface area contributed by atoms with E-state index in [-0.39, 0.29) is 11.6 Å². The van der Waals surface area contributed by atoms with Crippen molar-refractivity contribution in [1.29, 1.82) is 0 Å². The maximum atomic E-state index is 13.2. The molecule has 1 saturated heterocycles. The third-order valence-electron chi connectivity index (χ3n) is 6.94. The maximum Gasteiger partial charge on any atom is 0.258 e. The van der Waals surface area contributed by atoms with Crippen molar-refractivity contribution in [2.24, 2.45) is 0 Å². The van der Waals surface area contributed by atoms with Crippen LogP contribution < -0.4 is 15.4 Å². The first kappa shape index (κ1) is 19.4. The van der Waals surface area contributed by atoms with E-state index in [1.54, 1.807) is 0 Å². The molecule has 1 saturated carbocycles. The molecule has 2 aliphatic rings. The summed E-state index contributed by atoms with van der Waals surface area (Å²) in [5.74, 6) is 0.842. The number of aryl methyl sites for hydroxylation is 1. The van der Waals surface area contributed by atoms with Crippen LogP contribution in [0.4, 0.5) is 0 Å². The molecule has 0 amide bonds. The molecule has 0 radical (unpaired) electrons. The van der Waals surface area contributed by atoms with E-state index in [1.165, 1.54) is 28.2 Å². The highest BCUT2D eigenvalue weighted by Crippen LogP contribution is 2.31. The lowest BCUT2D eigenvalue weighted by molar-refractivity contribution is -1.02. The molecule has 2 fully saturated rings. The van der Waals surface area contributed by atoms with Gasteiger partial charge in [0.25, 0.3) is 5.56 Å². The molecule has 2 aromatic heterocycles. The summed E-state index contributed by atoms with van der Waals surface area (Å²) in [6, 6.07) is 8.41. The van der Waals surface area contributed by atoms with Gasteiger partial charge in [-0.05, 0) is 53.8 Å². The quantitative estimate of drug-likeness (QED) is 0.539. The van der Waals surface area contributed by atoms with Gasteiger partial charge in [0.1, 0.15) is 26.2 Å². The van der Waals surface area contributed by atoms with E-state index in [0.29, 0.717) is 6.04 Å². The summed E-state index contributed by atoms with van der Waals surface area (Å²) in [7, 11) is 2.24. The Hall–Kier alpha value is -2.58. The molecule has 3 N–H and O–H groups in total. The number of pyridine rings is 1. The number of hydrogen-bond acceptors (Lipinski definition) is 4. The Kier molecular flexibility index (Phi) is 5.12. The number of tetrazole rings is 1. The van der Waals surface area contributed by atoms with Crippen molar-refractivity contribution in [2.75, 3.05) is 33.2 Å². The van der Waals surface area contributed by atoms with Gasteiger partial charge < -0.3 is 14.8 Å². The average Bonchev–Trinajstić information content (AvgIpc) is 3.42. The summed E-state index contributed by atoms with van der Waals surface area (Å²) in [4.78, 5) is 19.3. The highest BCUT2D eigenvalue weighted by atomic mass is 16.1. The van der Waals surface area contributed by atoms with E-state index < -0.39 is 0 Å². The van der Waals surface area contributed by atoms with E-state index in [9.17, 15) is 4.79 Å². The van der Waals surface area contributed by atoms with Crippen LogP contribution in [0.2, 0.25) is 0 Å². The molecule has 0 spiro atoms. The minimum atomic E-state index is -0.151. The summed E-state index contributed by atoms with van der Waals surface area (Å²) in [6.07, 6.45) is 4.66. The largest absolute Gasteiger partial charge is 0.328 e. The fraction of sp³-hybridized carbons (Fsp3) is 0.545. The van der Waals surface area contributed by atoms with Gasteiger partial charge in [0.2, 0.25) is 5.82 Å². The first-order chi connectivity index (χ1) is 14.6. The molecule has 158 valence electrons. The van der Waals surface area contributed by atoms with Crippen LogP contribution >= 0.6 is 0 Å². The summed E-state index contributed by atoms with van der Waals surface area (Å²) in [5, 5.41) is 14.0. The highest BCUT2D eigenvalue weighted by molar-refractivity contribution is 5.79. The molecular weight excluding hydrogens is 378 g/mol. The Balaban J connectivity index is 1.64. The normalized spacial score (nSPS) is 23.8. The summed E-state index contributed by atoms with van der Waals surface area (Å²) >= 11 is 0. The van der Waals surface area contributed by atoms with Gasteiger partial charge in [0, 0.05) is 5.52 Å². The minimum absolute atomic E-state index is 0.0314. The minimum Gasteiger partial charge on any atom is -0.328 e. The van der Waals surface area contributed by atoms with Crippen molar-refractivity contribution in [3.63, 3.8) is 0 Å². The number of aromatic nitrogens is 5. The predicted molar refractivity (Wildman–Crippen MR) is 114 cm³/mol. The zero-order valence-electron chi connectivity index (χ0n) is 17.8. The fourth-order valence-electron chi connectivity index (χ4n) is 5.19. The number of H-pyrrole nitrogens is 1. The maximum absolute atomic E-state index is 13.2. The average molecular weight is 410 g/mol. The smallest absolute Gasteiger partial charge is 0.258 e. The Morgan fingerprint density at radius 2 is 1.90 bits per heavy atom. The van der Waals surface area contributed by atoms with Gasteiger partial charge in [-0.2, -0.15) is 0 Å². The van der Waals surface area contributed by atoms with Crippen LogP contribution in [-0.4, -0.2) is 58.4 Å². The van der Waals surface area contributed by atoms with E-state index in [1.807, 2.05) is 16.8 Å². The lowest BCUT2D eigenvalue weighted by Gasteiger charge is -2.33. The number of piperazine rings is 1. The predicted octanol–water partition coefficient (Wildman–Crippen LogP) is -0.559. The number of nitrogens with one attached hydrogen (secondary N) is 3. The number of nitrogens with zero attached hydrogens (tertiary/aromatic N) is 4. The molecule has 3 heterocycles. The molecule has 1 aliphatic carbocycles. The van der Waals surface area contributed by atoms with Gasteiger partial charge in [0.15, 0.2) is 6.04 Å². The SMILES string of the molecule is Cc1ccc2[nH]c(=O)c([C@H](c3nnnn3C3CCCC3)[NH+]3CC[NH+](C)CC3)cc2c1. The summed E-state index contributed by atoms with van der Waals surface area (Å²) < 4.78 is 2.02. The molecule has 0 bridgehead atoms. The topological polar surface area (TPSA) is 85.3 Å². The number of rotatable bonds is 4. The van der Waals surface area contributed by atoms with E-state index in [4.69, 9.17) is 0 Å². The van der Waals surface area contributed by atoms with Gasteiger partial charge in [-0.1, -0.05) is 24.5 Å². The Morgan fingerprint density at radius 3 is 2.67 bits per heavy atom. The van der Waals surface area contributed by atoms with E-state index in [0.717, 1.165) is 61.3 Å². The van der Waals surface area contributed by atoms with E-state index in [2.05, 4.69) is 46.6 Å². The molecule has 8 heteroatoms. The molecule has 3 aromatic rings. The second-order valence-electron chi connectivity index (χ2n) is 9.11. The van der Waals surface area contributed by atoms with Crippen LogP contribution in [-0.2, 0) is 0 Å². The molecule has 1 atom stereocenters. The number of benzene rings is 1.